The molecule has 0 bridgehead atoms. The van der Waals surface area contributed by atoms with Gasteiger partial charge in [-0.3, -0.25) is 4.79 Å². The topological polar surface area (TPSA) is 64.3 Å². The average molecular weight is 314 g/mol. The first kappa shape index (κ1) is 17.5. The first-order valence-corrected chi connectivity index (χ1v) is 5.76. The predicted molar refractivity (Wildman–Crippen MR) is 75.4 cm³/mol. The maximum Gasteiger partial charge on any atom is 0.239 e. The van der Waals surface area contributed by atoms with E-state index in [1.807, 2.05) is 0 Å². The van der Waals surface area contributed by atoms with Crippen LogP contribution in [0.3, 0.4) is 0 Å². The van der Waals surface area contributed by atoms with Crippen LogP contribution in [-0.2, 0) is 16.1 Å². The Morgan fingerprint density at radius 1 is 1.50 bits per heavy atom. The fraction of sp³-hybridized carbons (Fsp3) is 0.364. The lowest BCUT2D eigenvalue weighted by atomic mass is 10.2. The van der Waals surface area contributed by atoms with Crippen molar-refractivity contribution in [3.63, 3.8) is 0 Å². The van der Waals surface area contributed by atoms with E-state index in [1.54, 1.807) is 18.2 Å². The summed E-state index contributed by atoms with van der Waals surface area (Å²) in [7, 11) is 1.49. The Balaban J connectivity index is 0.00000289. The minimum absolute atomic E-state index is 0. The maximum atomic E-state index is 11.5. The van der Waals surface area contributed by atoms with Gasteiger partial charge in [0.2, 0.25) is 5.91 Å². The van der Waals surface area contributed by atoms with Gasteiger partial charge >= 0.3 is 0 Å². The SMILES string of the molecule is COCC(N)C(=O)NCc1ccc(Cl)cc1Cl.Cl. The molecule has 4 nitrogen and oxygen atoms in total. The molecule has 0 spiro atoms. The number of ether oxygens (including phenoxy) is 1. The molecule has 0 aliphatic carbocycles. The van der Waals surface area contributed by atoms with Gasteiger partial charge in [0.15, 0.2) is 0 Å². The highest BCUT2D eigenvalue weighted by Gasteiger charge is 2.12. The number of halogens is 3. The lowest BCUT2D eigenvalue weighted by molar-refractivity contribution is -0.123. The molecule has 0 aliphatic heterocycles. The Hall–Kier alpha value is -0.520. The number of nitrogens with two attached hydrogens (primary N) is 1. The molecule has 0 aromatic heterocycles. The molecule has 18 heavy (non-hydrogen) atoms. The lowest BCUT2D eigenvalue weighted by Crippen LogP contribution is -2.43. The van der Waals surface area contributed by atoms with Crippen LogP contribution in [0.1, 0.15) is 5.56 Å². The third kappa shape index (κ3) is 5.42. The van der Waals surface area contributed by atoms with Crippen LogP contribution in [0, 0.1) is 0 Å². The van der Waals surface area contributed by atoms with E-state index in [2.05, 4.69) is 5.32 Å². The quantitative estimate of drug-likeness (QED) is 0.874. The highest BCUT2D eigenvalue weighted by molar-refractivity contribution is 6.35. The first-order chi connectivity index (χ1) is 8.04. The van der Waals surface area contributed by atoms with Crippen LogP contribution in [-0.4, -0.2) is 25.7 Å². The van der Waals surface area contributed by atoms with Gasteiger partial charge in [0.1, 0.15) is 6.04 Å². The van der Waals surface area contributed by atoms with Crippen molar-refractivity contribution >= 4 is 41.5 Å². The van der Waals surface area contributed by atoms with Crippen molar-refractivity contribution in [2.45, 2.75) is 12.6 Å². The Labute approximate surface area is 122 Å². The second-order valence-corrected chi connectivity index (χ2v) is 4.36. The van der Waals surface area contributed by atoms with Crippen molar-refractivity contribution < 1.29 is 9.53 Å². The van der Waals surface area contributed by atoms with E-state index in [9.17, 15) is 4.79 Å². The molecule has 0 aliphatic rings. The van der Waals surface area contributed by atoms with Crippen molar-refractivity contribution in [3.05, 3.63) is 33.8 Å². The third-order valence-corrected chi connectivity index (χ3v) is 2.74. The van der Waals surface area contributed by atoms with Gasteiger partial charge in [-0.25, -0.2) is 0 Å². The van der Waals surface area contributed by atoms with Crippen molar-refractivity contribution in [1.29, 1.82) is 0 Å². The summed E-state index contributed by atoms with van der Waals surface area (Å²) >= 11 is 11.7. The fourth-order valence-corrected chi connectivity index (χ4v) is 1.71. The van der Waals surface area contributed by atoms with Crippen LogP contribution < -0.4 is 11.1 Å². The summed E-state index contributed by atoms with van der Waals surface area (Å²) in [5.74, 6) is -0.280. The van der Waals surface area contributed by atoms with Crippen molar-refractivity contribution in [2.24, 2.45) is 5.73 Å². The molecule has 3 N–H and O–H groups in total. The van der Waals surface area contributed by atoms with E-state index in [-0.39, 0.29) is 24.9 Å². The van der Waals surface area contributed by atoms with Crippen molar-refractivity contribution in [2.75, 3.05) is 13.7 Å². The van der Waals surface area contributed by atoms with Gasteiger partial charge in [0, 0.05) is 23.7 Å². The zero-order valence-corrected chi connectivity index (χ0v) is 12.1. The van der Waals surface area contributed by atoms with Gasteiger partial charge in [-0.2, -0.15) is 0 Å². The van der Waals surface area contributed by atoms with Gasteiger partial charge in [-0.15, -0.1) is 12.4 Å². The van der Waals surface area contributed by atoms with Crippen LogP contribution in [0.25, 0.3) is 0 Å². The molecule has 0 radical (unpaired) electrons. The summed E-state index contributed by atoms with van der Waals surface area (Å²) in [5, 5.41) is 3.74. The fourth-order valence-electron chi connectivity index (χ4n) is 1.23. The van der Waals surface area contributed by atoms with Gasteiger partial charge < -0.3 is 15.8 Å². The van der Waals surface area contributed by atoms with E-state index in [1.165, 1.54) is 7.11 Å². The van der Waals surface area contributed by atoms with E-state index >= 15 is 0 Å². The smallest absolute Gasteiger partial charge is 0.239 e. The molecule has 1 aromatic rings. The number of hydrogen-bond donors (Lipinski definition) is 2. The maximum absolute atomic E-state index is 11.5. The number of carbonyl (C=O) groups is 1. The van der Waals surface area contributed by atoms with Crippen LogP contribution >= 0.6 is 35.6 Å². The average Bonchev–Trinajstić information content (AvgIpc) is 2.27. The van der Waals surface area contributed by atoms with Gasteiger partial charge in [-0.1, -0.05) is 29.3 Å². The highest BCUT2D eigenvalue weighted by Crippen LogP contribution is 2.20. The van der Waals surface area contributed by atoms with E-state index < -0.39 is 6.04 Å². The number of benzene rings is 1. The minimum atomic E-state index is -0.675. The zero-order valence-electron chi connectivity index (χ0n) is 9.78. The molecule has 1 aromatic carbocycles. The molecule has 1 amide bonds. The number of hydrogen-bond acceptors (Lipinski definition) is 3. The molecular formula is C11H15Cl3N2O2. The predicted octanol–water partition coefficient (Wildman–Crippen LogP) is 2.01. The van der Waals surface area contributed by atoms with E-state index in [0.29, 0.717) is 16.6 Å². The summed E-state index contributed by atoms with van der Waals surface area (Å²) in [4.78, 5) is 11.5. The molecule has 1 unspecified atom stereocenters. The Bertz CT molecular complexity index is 402. The molecule has 102 valence electrons. The van der Waals surface area contributed by atoms with Crippen molar-refractivity contribution in [3.8, 4) is 0 Å². The zero-order chi connectivity index (χ0) is 12.8. The Kier molecular flexibility index (Phi) is 8.31. The minimum Gasteiger partial charge on any atom is -0.383 e. The first-order valence-electron chi connectivity index (χ1n) is 5.00. The lowest BCUT2D eigenvalue weighted by Gasteiger charge is -2.12. The number of carbonyl (C=O) groups excluding carboxylic acids is 1. The number of nitrogens with one attached hydrogen (secondary N) is 1. The summed E-state index contributed by atoms with van der Waals surface area (Å²) < 4.78 is 4.79. The second kappa shape index (κ2) is 8.56. The molecule has 0 heterocycles. The van der Waals surface area contributed by atoms with Crippen molar-refractivity contribution in [1.82, 2.24) is 5.32 Å². The second-order valence-electron chi connectivity index (χ2n) is 3.52. The number of methoxy groups -OCH3 is 1. The van der Waals surface area contributed by atoms with E-state index in [0.717, 1.165) is 5.56 Å². The van der Waals surface area contributed by atoms with Crippen LogP contribution in [0.2, 0.25) is 10.0 Å². The summed E-state index contributed by atoms with van der Waals surface area (Å²) in [5.41, 5.74) is 6.35. The van der Waals surface area contributed by atoms with Crippen LogP contribution in [0.15, 0.2) is 18.2 Å². The molecule has 1 rings (SSSR count). The summed E-state index contributed by atoms with van der Waals surface area (Å²) in [6.45, 7) is 0.492. The largest absolute Gasteiger partial charge is 0.383 e. The molecule has 1 atom stereocenters. The Morgan fingerprint density at radius 2 is 2.17 bits per heavy atom. The van der Waals surface area contributed by atoms with Gasteiger partial charge in [0.05, 0.1) is 6.61 Å². The van der Waals surface area contributed by atoms with Crippen LogP contribution in [0.4, 0.5) is 0 Å². The highest BCUT2D eigenvalue weighted by atomic mass is 35.5. The van der Waals surface area contributed by atoms with E-state index in [4.69, 9.17) is 33.7 Å². The molecular weight excluding hydrogens is 298 g/mol. The summed E-state index contributed by atoms with van der Waals surface area (Å²) in [6.07, 6.45) is 0. The van der Waals surface area contributed by atoms with Gasteiger partial charge in [-0.05, 0) is 17.7 Å². The summed E-state index contributed by atoms with van der Waals surface area (Å²) in [6, 6.07) is 4.42. The monoisotopic (exact) mass is 312 g/mol. The number of rotatable bonds is 5. The van der Waals surface area contributed by atoms with Crippen LogP contribution in [0.5, 0.6) is 0 Å². The molecule has 0 saturated carbocycles. The Morgan fingerprint density at radius 3 is 2.72 bits per heavy atom. The molecule has 0 fully saturated rings. The third-order valence-electron chi connectivity index (χ3n) is 2.15. The number of amides is 1. The standard InChI is InChI=1S/C11H14Cl2N2O2.ClH/c1-17-6-10(14)11(16)15-5-7-2-3-8(12)4-9(7)13;/h2-4,10H,5-6,14H2,1H3,(H,15,16);1H. The normalized spacial score (nSPS) is 11.6. The molecule has 0 saturated heterocycles. The van der Waals surface area contributed by atoms with Gasteiger partial charge in [0.25, 0.3) is 0 Å². The molecule has 7 heteroatoms.